The maximum atomic E-state index is 13.8. The van der Waals surface area contributed by atoms with E-state index in [9.17, 15) is 9.59 Å². The maximum absolute atomic E-state index is 13.8. The normalized spacial score (nSPS) is 14.2. The summed E-state index contributed by atoms with van der Waals surface area (Å²) in [5.41, 5.74) is 4.55. The van der Waals surface area contributed by atoms with Crippen LogP contribution in [0.15, 0.2) is 72.9 Å². The second-order valence-corrected chi connectivity index (χ2v) is 9.26. The van der Waals surface area contributed by atoms with Gasteiger partial charge in [-0.15, -0.1) is 0 Å². The van der Waals surface area contributed by atoms with Crippen molar-refractivity contribution >= 4 is 12.0 Å². The van der Waals surface area contributed by atoms with Crippen LogP contribution in [0.5, 0.6) is 5.75 Å². The predicted molar refractivity (Wildman–Crippen MR) is 147 cm³/mol. The largest absolute Gasteiger partial charge is 0.494 e. The van der Waals surface area contributed by atoms with E-state index >= 15 is 0 Å². The van der Waals surface area contributed by atoms with E-state index in [1.54, 1.807) is 11.8 Å². The summed E-state index contributed by atoms with van der Waals surface area (Å²) >= 11 is 0. The summed E-state index contributed by atoms with van der Waals surface area (Å²) in [6.45, 7) is 7.03. The van der Waals surface area contributed by atoms with E-state index in [-0.39, 0.29) is 25.0 Å². The number of nitrogens with zero attached hydrogens (tertiary/aromatic N) is 4. The van der Waals surface area contributed by atoms with E-state index in [1.807, 2.05) is 91.5 Å². The third-order valence-electron chi connectivity index (χ3n) is 6.74. The molecule has 1 atom stereocenters. The van der Waals surface area contributed by atoms with Crippen molar-refractivity contribution in [3.63, 3.8) is 0 Å². The molecular formula is C30H33N5O4. The highest BCUT2D eigenvalue weighted by molar-refractivity contribution is 5.77. The standard InChI is InChI=1S/C30H33N5O4/c1-4-38-24-14-9-11-22(19-24)28-26-15-10-18-33(26)29-25(21(3)32-35(29)23-12-7-6-8-13-23)20-34(28)30(37)31-17-16-27(36)39-5-2/h6-15,18-19,28H,4-5,16-17,20H2,1-3H3,(H,31,37). The number of fused-ring (bicyclic) bond motifs is 3. The van der Waals surface area contributed by atoms with Crippen LogP contribution in [-0.4, -0.2) is 51.0 Å². The Kier molecular flexibility index (Phi) is 7.67. The van der Waals surface area contributed by atoms with Gasteiger partial charge >= 0.3 is 12.0 Å². The molecule has 0 aliphatic carbocycles. The molecule has 1 N–H and O–H groups in total. The smallest absolute Gasteiger partial charge is 0.318 e. The molecule has 0 radical (unpaired) electrons. The van der Waals surface area contributed by atoms with Crippen LogP contribution >= 0.6 is 0 Å². The average Bonchev–Trinajstić information content (AvgIpc) is 3.50. The highest BCUT2D eigenvalue weighted by Crippen LogP contribution is 2.39. The lowest BCUT2D eigenvalue weighted by atomic mass is 10.0. The molecule has 0 saturated carbocycles. The van der Waals surface area contributed by atoms with Gasteiger partial charge in [-0.3, -0.25) is 4.79 Å². The van der Waals surface area contributed by atoms with Crippen LogP contribution in [0.25, 0.3) is 11.5 Å². The van der Waals surface area contributed by atoms with E-state index in [0.717, 1.165) is 39.8 Å². The Morgan fingerprint density at radius 3 is 2.62 bits per heavy atom. The van der Waals surface area contributed by atoms with Crippen LogP contribution in [-0.2, 0) is 16.1 Å². The molecule has 5 rings (SSSR count). The van der Waals surface area contributed by atoms with Crippen molar-refractivity contribution < 1.29 is 19.1 Å². The topological polar surface area (TPSA) is 90.6 Å². The Balaban J connectivity index is 1.61. The molecule has 0 spiro atoms. The highest BCUT2D eigenvalue weighted by Gasteiger charge is 2.36. The SMILES string of the molecule is CCOC(=O)CCNC(=O)N1Cc2c(C)nn(-c3ccccc3)c2-n2cccc2C1c1cccc(OCC)c1. The quantitative estimate of drug-likeness (QED) is 0.328. The zero-order valence-corrected chi connectivity index (χ0v) is 22.5. The lowest BCUT2D eigenvalue weighted by Gasteiger charge is -2.31. The second-order valence-electron chi connectivity index (χ2n) is 9.26. The molecule has 9 heteroatoms. The van der Waals surface area contributed by atoms with Gasteiger partial charge in [0.1, 0.15) is 11.6 Å². The van der Waals surface area contributed by atoms with E-state index in [0.29, 0.717) is 19.8 Å². The zero-order chi connectivity index (χ0) is 27.4. The number of ether oxygens (including phenoxy) is 2. The lowest BCUT2D eigenvalue weighted by Crippen LogP contribution is -2.42. The number of benzene rings is 2. The fourth-order valence-electron chi connectivity index (χ4n) is 5.05. The summed E-state index contributed by atoms with van der Waals surface area (Å²) in [5.74, 6) is 1.29. The van der Waals surface area contributed by atoms with Gasteiger partial charge in [0.25, 0.3) is 0 Å². The summed E-state index contributed by atoms with van der Waals surface area (Å²) in [4.78, 5) is 27.5. The number of hydrogen-bond donors (Lipinski definition) is 1. The van der Waals surface area contributed by atoms with Crippen molar-refractivity contribution in [3.8, 4) is 17.3 Å². The summed E-state index contributed by atoms with van der Waals surface area (Å²) in [5, 5.41) is 7.81. The number of rotatable bonds is 8. The van der Waals surface area contributed by atoms with E-state index in [4.69, 9.17) is 14.6 Å². The first kappa shape index (κ1) is 26.1. The molecule has 2 aromatic carbocycles. The molecule has 0 fully saturated rings. The number of para-hydroxylation sites is 1. The molecular weight excluding hydrogens is 494 g/mol. The van der Waals surface area contributed by atoms with Gasteiger partial charge < -0.3 is 24.3 Å². The Morgan fingerprint density at radius 2 is 1.85 bits per heavy atom. The maximum Gasteiger partial charge on any atom is 0.318 e. The van der Waals surface area contributed by atoms with Crippen molar-refractivity contribution in [2.24, 2.45) is 0 Å². The number of amides is 2. The van der Waals surface area contributed by atoms with Crippen molar-refractivity contribution in [2.75, 3.05) is 19.8 Å². The van der Waals surface area contributed by atoms with Crippen molar-refractivity contribution in [1.82, 2.24) is 24.6 Å². The first-order chi connectivity index (χ1) is 19.0. The van der Waals surface area contributed by atoms with E-state index in [1.165, 1.54) is 0 Å². The van der Waals surface area contributed by atoms with Gasteiger partial charge in [0.2, 0.25) is 0 Å². The zero-order valence-electron chi connectivity index (χ0n) is 22.5. The van der Waals surface area contributed by atoms with Crippen LogP contribution < -0.4 is 10.1 Å². The highest BCUT2D eigenvalue weighted by atomic mass is 16.5. The van der Waals surface area contributed by atoms with Crippen LogP contribution in [0.2, 0.25) is 0 Å². The average molecular weight is 528 g/mol. The monoisotopic (exact) mass is 527 g/mol. The number of carbonyl (C=O) groups is 2. The number of hydrogen-bond acceptors (Lipinski definition) is 5. The predicted octanol–water partition coefficient (Wildman–Crippen LogP) is 4.94. The molecule has 202 valence electrons. The van der Waals surface area contributed by atoms with Crippen molar-refractivity contribution in [2.45, 2.75) is 39.8 Å². The Morgan fingerprint density at radius 1 is 1.03 bits per heavy atom. The molecule has 1 aliphatic rings. The number of aryl methyl sites for hydroxylation is 1. The van der Waals surface area contributed by atoms with Gasteiger partial charge in [-0.25, -0.2) is 9.48 Å². The summed E-state index contributed by atoms with van der Waals surface area (Å²) in [7, 11) is 0. The van der Waals surface area contributed by atoms with Crippen LogP contribution in [0, 0.1) is 6.92 Å². The number of urea groups is 1. The number of esters is 1. The van der Waals surface area contributed by atoms with Gasteiger partial charge in [0.05, 0.1) is 49.3 Å². The molecule has 39 heavy (non-hydrogen) atoms. The number of aromatic nitrogens is 3. The second kappa shape index (κ2) is 11.5. The Bertz CT molecular complexity index is 1460. The fourth-order valence-corrected chi connectivity index (χ4v) is 5.05. The van der Waals surface area contributed by atoms with Crippen LogP contribution in [0.1, 0.15) is 48.8 Å². The Hall–Kier alpha value is -4.53. The number of nitrogens with one attached hydrogen (secondary N) is 1. The van der Waals surface area contributed by atoms with Crippen LogP contribution in [0.3, 0.4) is 0 Å². The molecule has 2 aromatic heterocycles. The molecule has 4 aromatic rings. The summed E-state index contributed by atoms with van der Waals surface area (Å²) in [6.07, 6.45) is 2.11. The van der Waals surface area contributed by atoms with Crippen molar-refractivity contribution in [1.29, 1.82) is 0 Å². The van der Waals surface area contributed by atoms with Crippen LogP contribution in [0.4, 0.5) is 4.79 Å². The molecule has 0 saturated heterocycles. The van der Waals surface area contributed by atoms with Gasteiger partial charge in [-0.2, -0.15) is 5.10 Å². The summed E-state index contributed by atoms with van der Waals surface area (Å²) in [6, 6.07) is 21.1. The lowest BCUT2D eigenvalue weighted by molar-refractivity contribution is -0.142. The molecule has 9 nitrogen and oxygen atoms in total. The third-order valence-corrected chi connectivity index (χ3v) is 6.74. The van der Waals surface area contributed by atoms with Gasteiger partial charge in [0.15, 0.2) is 0 Å². The third kappa shape index (κ3) is 5.25. The van der Waals surface area contributed by atoms with Gasteiger partial charge in [0, 0.05) is 18.3 Å². The molecule has 1 aliphatic heterocycles. The van der Waals surface area contributed by atoms with E-state index in [2.05, 4.69) is 9.88 Å². The molecule has 3 heterocycles. The number of carbonyl (C=O) groups excluding carboxylic acids is 2. The summed E-state index contributed by atoms with van der Waals surface area (Å²) < 4.78 is 14.9. The first-order valence-corrected chi connectivity index (χ1v) is 13.3. The molecule has 2 amide bonds. The van der Waals surface area contributed by atoms with E-state index < -0.39 is 6.04 Å². The van der Waals surface area contributed by atoms with Gasteiger partial charge in [-0.05, 0) is 62.7 Å². The fraction of sp³-hybridized carbons (Fsp3) is 0.300. The molecule has 0 bridgehead atoms. The first-order valence-electron chi connectivity index (χ1n) is 13.3. The minimum atomic E-state index is -0.418. The Labute approximate surface area is 227 Å². The molecule has 1 unspecified atom stereocenters. The minimum Gasteiger partial charge on any atom is -0.494 e. The van der Waals surface area contributed by atoms with Gasteiger partial charge in [-0.1, -0.05) is 30.3 Å². The minimum absolute atomic E-state index is 0.102. The van der Waals surface area contributed by atoms with Crippen molar-refractivity contribution in [3.05, 3.63) is 95.4 Å².